The van der Waals surface area contributed by atoms with Gasteiger partial charge >= 0.3 is 0 Å². The van der Waals surface area contributed by atoms with E-state index in [1.165, 1.54) is 0 Å². The minimum atomic E-state index is -2.69. The fraction of sp³-hybridized carbons (Fsp3) is 0. The van der Waals surface area contributed by atoms with E-state index in [1.807, 2.05) is 0 Å². The molecule has 2 unspecified atom stereocenters. The van der Waals surface area contributed by atoms with E-state index in [2.05, 4.69) is 0 Å². The predicted octanol–water partition coefficient (Wildman–Crippen LogP) is 0.392. The van der Waals surface area contributed by atoms with Crippen molar-refractivity contribution >= 4 is 16.1 Å². The van der Waals surface area contributed by atoms with Crippen LogP contribution in [0.2, 0.25) is 0 Å². The fourth-order valence-electron chi connectivity index (χ4n) is 0.143. The van der Waals surface area contributed by atoms with Gasteiger partial charge in [0.1, 0.15) is 0 Å². The van der Waals surface area contributed by atoms with Crippen molar-refractivity contribution in [2.24, 2.45) is 0 Å². The lowest BCUT2D eigenvalue weighted by Crippen LogP contribution is -1.46. The molecule has 0 saturated heterocycles. The van der Waals surface area contributed by atoms with Crippen LogP contribution in [0.3, 0.4) is 0 Å². The van der Waals surface area contributed by atoms with Crippen molar-refractivity contribution in [3.63, 3.8) is 0 Å². The Morgan fingerprint density at radius 3 is 1.38 bits per heavy atom. The van der Waals surface area contributed by atoms with Crippen LogP contribution < -0.4 is 0 Å². The van der Waals surface area contributed by atoms with Crippen molar-refractivity contribution in [1.82, 2.24) is 0 Å². The van der Waals surface area contributed by atoms with Gasteiger partial charge in [-0.05, 0) is 0 Å². The molecule has 48 valence electrons. The highest BCUT2D eigenvalue weighted by molar-refractivity contribution is 7.46. The lowest BCUT2D eigenvalue weighted by molar-refractivity contribution is 0.508. The van der Waals surface area contributed by atoms with Gasteiger partial charge in [-0.1, -0.05) is 0 Å². The Bertz CT molecular complexity index is 123. The summed E-state index contributed by atoms with van der Waals surface area (Å²) in [5.41, 5.74) is 0. The van der Waals surface area contributed by atoms with Gasteiger partial charge in [0.25, 0.3) is 0 Å². The van der Waals surface area contributed by atoms with Crippen LogP contribution in [0.25, 0.3) is 0 Å². The Kier molecular flexibility index (Phi) is 4.11. The summed E-state index contributed by atoms with van der Waals surface area (Å²) in [6, 6.07) is 0. The van der Waals surface area contributed by atoms with Crippen molar-refractivity contribution < 1.29 is 18.9 Å². The quantitative estimate of drug-likeness (QED) is 0.567. The highest BCUT2D eigenvalue weighted by Gasteiger charge is 1.82. The van der Waals surface area contributed by atoms with Gasteiger partial charge in [0.15, 0.2) is 0 Å². The standard InChI is InChI=1S/C2H6O4P2/c3-7(4)1-2-8(5)6/h1-2,7-8H,(H,3,4)(H,5,6). The maximum atomic E-state index is 9.77. The first-order valence-corrected chi connectivity index (χ1v) is 4.63. The third kappa shape index (κ3) is 6.12. The Labute approximate surface area is 47.6 Å². The molecule has 2 N–H and O–H groups in total. The molecule has 0 radical (unpaired) electrons. The molecule has 0 fully saturated rings. The van der Waals surface area contributed by atoms with Crippen molar-refractivity contribution in [3.05, 3.63) is 11.6 Å². The molecule has 0 aromatic carbocycles. The molecule has 4 nitrogen and oxygen atoms in total. The summed E-state index contributed by atoms with van der Waals surface area (Å²) in [7, 11) is -5.39. The summed E-state index contributed by atoms with van der Waals surface area (Å²) >= 11 is 0. The van der Waals surface area contributed by atoms with E-state index in [4.69, 9.17) is 9.79 Å². The second-order valence-corrected chi connectivity index (χ2v) is 3.03. The highest BCUT2D eigenvalue weighted by atomic mass is 31.1. The highest BCUT2D eigenvalue weighted by Crippen LogP contribution is 2.22. The summed E-state index contributed by atoms with van der Waals surface area (Å²) in [5, 5.41) is 0. The van der Waals surface area contributed by atoms with Gasteiger partial charge in [-0.2, -0.15) is 0 Å². The van der Waals surface area contributed by atoms with Crippen LogP contribution in [-0.4, -0.2) is 9.79 Å². The van der Waals surface area contributed by atoms with Gasteiger partial charge in [-0.3, -0.25) is 9.13 Å². The van der Waals surface area contributed by atoms with Gasteiger partial charge in [-0.25, -0.2) is 0 Å². The van der Waals surface area contributed by atoms with Crippen molar-refractivity contribution in [2.45, 2.75) is 0 Å². The molecular weight excluding hydrogens is 150 g/mol. The minimum absolute atomic E-state index is 0.825. The first-order chi connectivity index (χ1) is 3.63. The zero-order valence-electron chi connectivity index (χ0n) is 3.87. The third-order valence-electron chi connectivity index (χ3n) is 0.368. The van der Waals surface area contributed by atoms with Crippen LogP contribution in [0.1, 0.15) is 0 Å². The van der Waals surface area contributed by atoms with E-state index in [1.54, 1.807) is 0 Å². The molecule has 0 aromatic rings. The molecule has 0 heterocycles. The van der Waals surface area contributed by atoms with Crippen molar-refractivity contribution in [1.29, 1.82) is 0 Å². The maximum Gasteiger partial charge on any atom is 0.211 e. The molecule has 6 heteroatoms. The zero-order chi connectivity index (χ0) is 6.57. The van der Waals surface area contributed by atoms with E-state index < -0.39 is 16.1 Å². The Morgan fingerprint density at radius 2 is 1.25 bits per heavy atom. The Hall–Kier alpha value is 0.120. The van der Waals surface area contributed by atoms with Gasteiger partial charge in [0, 0.05) is 11.6 Å². The summed E-state index contributed by atoms with van der Waals surface area (Å²) < 4.78 is 19.5. The van der Waals surface area contributed by atoms with Crippen LogP contribution in [0.4, 0.5) is 0 Å². The lowest BCUT2D eigenvalue weighted by Gasteiger charge is -1.77. The molecule has 0 aliphatic rings. The average Bonchev–Trinajstić information content (AvgIpc) is 1.61. The number of hydrogen-bond donors (Lipinski definition) is 2. The average molecular weight is 156 g/mol. The van der Waals surface area contributed by atoms with Gasteiger partial charge in [-0.15, -0.1) is 0 Å². The molecule has 0 aromatic heterocycles. The largest absolute Gasteiger partial charge is 0.343 e. The molecule has 8 heavy (non-hydrogen) atoms. The van der Waals surface area contributed by atoms with Crippen molar-refractivity contribution in [2.75, 3.05) is 0 Å². The van der Waals surface area contributed by atoms with Gasteiger partial charge in [0.2, 0.25) is 16.1 Å². The molecule has 0 amide bonds. The molecule has 0 spiro atoms. The summed E-state index contributed by atoms with van der Waals surface area (Å²) in [6.07, 6.45) is 0. The topological polar surface area (TPSA) is 74.6 Å². The molecule has 0 aliphatic heterocycles. The lowest BCUT2D eigenvalue weighted by atomic mass is 11.3. The first-order valence-electron chi connectivity index (χ1n) is 1.77. The van der Waals surface area contributed by atoms with Crippen LogP contribution >= 0.6 is 16.1 Å². The zero-order valence-corrected chi connectivity index (χ0v) is 5.87. The maximum absolute atomic E-state index is 9.77. The second-order valence-electron chi connectivity index (χ2n) is 1.01. The van der Waals surface area contributed by atoms with Crippen LogP contribution in [0.5, 0.6) is 0 Å². The first kappa shape index (κ1) is 8.12. The SMILES string of the molecule is O=[PH](O)C=C[PH](=O)O. The Balaban J connectivity index is 3.67. The molecule has 2 atom stereocenters. The molecule has 0 rings (SSSR count). The summed E-state index contributed by atoms with van der Waals surface area (Å²) in [6.45, 7) is 0. The van der Waals surface area contributed by atoms with Gasteiger partial charge < -0.3 is 9.79 Å². The summed E-state index contributed by atoms with van der Waals surface area (Å²) in [4.78, 5) is 16.1. The predicted molar refractivity (Wildman–Crippen MR) is 31.6 cm³/mol. The van der Waals surface area contributed by atoms with E-state index >= 15 is 0 Å². The third-order valence-corrected chi connectivity index (χ3v) is 1.61. The summed E-state index contributed by atoms with van der Waals surface area (Å²) in [5.74, 6) is 1.65. The molecule has 0 saturated carbocycles. The van der Waals surface area contributed by atoms with Crippen LogP contribution in [0.15, 0.2) is 11.6 Å². The molecule has 0 aliphatic carbocycles. The molecule has 0 bridgehead atoms. The minimum Gasteiger partial charge on any atom is -0.343 e. The van der Waals surface area contributed by atoms with Crippen LogP contribution in [-0.2, 0) is 9.13 Å². The van der Waals surface area contributed by atoms with E-state index in [0.29, 0.717) is 0 Å². The smallest absolute Gasteiger partial charge is 0.211 e. The number of rotatable bonds is 2. The molecular formula is C2H6O4P2. The van der Waals surface area contributed by atoms with Gasteiger partial charge in [0.05, 0.1) is 0 Å². The van der Waals surface area contributed by atoms with E-state index in [-0.39, 0.29) is 0 Å². The van der Waals surface area contributed by atoms with E-state index in [0.717, 1.165) is 11.6 Å². The second kappa shape index (κ2) is 4.04. The fourth-order valence-corrected chi connectivity index (χ4v) is 1.28. The van der Waals surface area contributed by atoms with E-state index in [9.17, 15) is 9.13 Å². The Morgan fingerprint density at radius 1 is 1.00 bits per heavy atom. The van der Waals surface area contributed by atoms with Crippen LogP contribution in [0, 0.1) is 0 Å². The normalized spacial score (nSPS) is 18.8. The number of hydrogen-bond acceptors (Lipinski definition) is 2. The van der Waals surface area contributed by atoms with Crippen molar-refractivity contribution in [3.8, 4) is 0 Å². The monoisotopic (exact) mass is 156 g/mol.